The van der Waals surface area contributed by atoms with E-state index >= 15 is 0 Å². The highest BCUT2D eigenvalue weighted by atomic mass is 35.5. The van der Waals surface area contributed by atoms with Crippen molar-refractivity contribution in [2.75, 3.05) is 14.2 Å². The average Bonchev–Trinajstić information content (AvgIpc) is 2.81. The van der Waals surface area contributed by atoms with E-state index < -0.39 is 17.8 Å². The van der Waals surface area contributed by atoms with Gasteiger partial charge in [0.05, 0.1) is 25.3 Å². The molecule has 1 N–H and O–H groups in total. The average molecular weight is 375 g/mol. The first-order valence-corrected chi connectivity index (χ1v) is 7.78. The molecule has 5 nitrogen and oxygen atoms in total. The van der Waals surface area contributed by atoms with Gasteiger partial charge in [-0.1, -0.05) is 23.2 Å². The number of nitrogens with one attached hydrogen (secondary N) is 1. The van der Waals surface area contributed by atoms with Crippen molar-refractivity contribution in [2.45, 2.75) is 13.0 Å². The lowest BCUT2D eigenvalue weighted by molar-refractivity contribution is 0.0931. The van der Waals surface area contributed by atoms with Crippen LogP contribution >= 0.6 is 23.2 Å². The third-order valence-electron chi connectivity index (χ3n) is 3.67. The number of hydrogen-bond acceptors (Lipinski definition) is 3. The largest absolute Gasteiger partial charge is 0.493 e. The molecule has 2 rings (SSSR count). The number of carbonyl (C=O) groups is 1. The van der Waals surface area contributed by atoms with Crippen molar-refractivity contribution in [3.8, 4) is 11.5 Å². The summed E-state index contributed by atoms with van der Waals surface area (Å²) in [5.41, 5.74) is 0.546. The third kappa shape index (κ3) is 3.44. The zero-order chi connectivity index (χ0) is 18.0. The first kappa shape index (κ1) is 18.4. The number of nitrogens with zero attached hydrogens (tertiary/aromatic N) is 1. The Balaban J connectivity index is 2.27. The van der Waals surface area contributed by atoms with E-state index in [-0.39, 0.29) is 27.2 Å². The molecule has 0 saturated carbocycles. The van der Waals surface area contributed by atoms with Crippen molar-refractivity contribution in [1.29, 1.82) is 0 Å². The van der Waals surface area contributed by atoms with Crippen LogP contribution in [0.15, 0.2) is 18.2 Å². The minimum atomic E-state index is -0.607. The molecule has 1 heterocycles. The van der Waals surface area contributed by atoms with E-state index in [1.807, 2.05) is 0 Å². The maximum absolute atomic E-state index is 14.3. The molecule has 1 aromatic heterocycles. The summed E-state index contributed by atoms with van der Waals surface area (Å²) >= 11 is 11.9. The molecule has 1 atom stereocenters. The molecule has 8 heteroatoms. The summed E-state index contributed by atoms with van der Waals surface area (Å²) in [5.74, 6) is -0.283. The second-order valence-electron chi connectivity index (χ2n) is 5.15. The predicted molar refractivity (Wildman–Crippen MR) is 90.8 cm³/mol. The molecule has 0 aliphatic carbocycles. The van der Waals surface area contributed by atoms with Crippen LogP contribution in [-0.4, -0.2) is 24.7 Å². The maximum atomic E-state index is 14.3. The van der Waals surface area contributed by atoms with Crippen LogP contribution in [-0.2, 0) is 7.05 Å². The first-order valence-electron chi connectivity index (χ1n) is 7.03. The van der Waals surface area contributed by atoms with Crippen LogP contribution in [0, 0.1) is 5.82 Å². The molecule has 0 aliphatic heterocycles. The fourth-order valence-electron chi connectivity index (χ4n) is 2.31. The molecule has 0 radical (unpaired) electrons. The molecule has 0 saturated heterocycles. The van der Waals surface area contributed by atoms with Crippen molar-refractivity contribution in [1.82, 2.24) is 9.88 Å². The number of aromatic nitrogens is 1. The Labute approximate surface area is 149 Å². The van der Waals surface area contributed by atoms with Crippen LogP contribution in [0.4, 0.5) is 4.39 Å². The van der Waals surface area contributed by atoms with Crippen LogP contribution in [0.2, 0.25) is 10.2 Å². The summed E-state index contributed by atoms with van der Waals surface area (Å²) in [6.45, 7) is 1.66. The van der Waals surface area contributed by atoms with Gasteiger partial charge < -0.3 is 19.4 Å². The lowest BCUT2D eigenvalue weighted by Gasteiger charge is -2.17. The van der Waals surface area contributed by atoms with Gasteiger partial charge in [-0.3, -0.25) is 4.79 Å². The highest BCUT2D eigenvalue weighted by molar-refractivity contribution is 6.41. The summed E-state index contributed by atoms with van der Waals surface area (Å²) in [7, 11) is 4.49. The minimum Gasteiger partial charge on any atom is -0.493 e. The normalized spacial score (nSPS) is 12.0. The second-order valence-corrected chi connectivity index (χ2v) is 5.92. The highest BCUT2D eigenvalue weighted by Gasteiger charge is 2.21. The molecule has 1 aromatic carbocycles. The van der Waals surface area contributed by atoms with E-state index in [1.54, 1.807) is 14.0 Å². The van der Waals surface area contributed by atoms with Gasteiger partial charge in [0.2, 0.25) is 0 Å². The number of amides is 1. The summed E-state index contributed by atoms with van der Waals surface area (Å²) in [4.78, 5) is 12.4. The standard InChI is InChI=1S/C16H17Cl2FN2O3/c1-8(9-5-13(23-3)14(24-4)7-11(9)19)20-16(22)12-6-10(17)15(18)21(12)2/h5-8H,1-4H3,(H,20,22)/t8-/m0/s1. The molecule has 130 valence electrons. The van der Waals surface area contributed by atoms with E-state index in [1.165, 1.54) is 37.0 Å². The molecular weight excluding hydrogens is 358 g/mol. The van der Waals surface area contributed by atoms with Gasteiger partial charge in [0.15, 0.2) is 11.5 Å². The summed E-state index contributed by atoms with van der Waals surface area (Å²) < 4.78 is 25.9. The number of rotatable bonds is 5. The monoisotopic (exact) mass is 374 g/mol. The predicted octanol–water partition coefficient (Wildman–Crippen LogP) is 3.98. The molecule has 2 aromatic rings. The quantitative estimate of drug-likeness (QED) is 0.860. The Hall–Kier alpha value is -1.92. The van der Waals surface area contributed by atoms with Gasteiger partial charge in [-0.2, -0.15) is 0 Å². The van der Waals surface area contributed by atoms with E-state index in [0.717, 1.165) is 0 Å². The topological polar surface area (TPSA) is 52.5 Å². The summed E-state index contributed by atoms with van der Waals surface area (Å²) in [6, 6.07) is 3.55. The van der Waals surface area contributed by atoms with E-state index in [4.69, 9.17) is 32.7 Å². The smallest absolute Gasteiger partial charge is 0.268 e. The maximum Gasteiger partial charge on any atom is 0.268 e. The fraction of sp³-hybridized carbons (Fsp3) is 0.312. The number of halogens is 3. The van der Waals surface area contributed by atoms with Gasteiger partial charge in [0, 0.05) is 18.7 Å². The van der Waals surface area contributed by atoms with Gasteiger partial charge in [0.25, 0.3) is 5.91 Å². The Morgan fingerprint density at radius 3 is 2.29 bits per heavy atom. The highest BCUT2D eigenvalue weighted by Crippen LogP contribution is 2.32. The van der Waals surface area contributed by atoms with Crippen molar-refractivity contribution in [3.05, 3.63) is 45.4 Å². The van der Waals surface area contributed by atoms with Crippen molar-refractivity contribution in [3.63, 3.8) is 0 Å². The van der Waals surface area contributed by atoms with E-state index in [9.17, 15) is 9.18 Å². The first-order chi connectivity index (χ1) is 11.3. The zero-order valence-electron chi connectivity index (χ0n) is 13.6. The molecule has 0 bridgehead atoms. The van der Waals surface area contributed by atoms with Crippen molar-refractivity contribution >= 4 is 29.1 Å². The van der Waals surface area contributed by atoms with E-state index in [0.29, 0.717) is 5.75 Å². The van der Waals surface area contributed by atoms with Gasteiger partial charge in [-0.05, 0) is 19.1 Å². The number of benzene rings is 1. The van der Waals surface area contributed by atoms with Crippen LogP contribution in [0.3, 0.4) is 0 Å². The van der Waals surface area contributed by atoms with Crippen LogP contribution in [0.5, 0.6) is 11.5 Å². The summed E-state index contributed by atoms with van der Waals surface area (Å²) in [6.07, 6.45) is 0. The molecule has 0 unspecified atom stereocenters. The van der Waals surface area contributed by atoms with Gasteiger partial charge in [-0.25, -0.2) is 4.39 Å². The molecule has 0 spiro atoms. The lowest BCUT2D eigenvalue weighted by Crippen LogP contribution is -2.28. The van der Waals surface area contributed by atoms with Crippen LogP contribution < -0.4 is 14.8 Å². The van der Waals surface area contributed by atoms with Crippen molar-refractivity contribution < 1.29 is 18.7 Å². The van der Waals surface area contributed by atoms with Crippen LogP contribution in [0.1, 0.15) is 29.0 Å². The zero-order valence-corrected chi connectivity index (χ0v) is 15.1. The SMILES string of the molecule is COc1cc(F)c([C@H](C)NC(=O)c2cc(Cl)c(Cl)n2C)cc1OC. The molecule has 0 aliphatic rings. The summed E-state index contributed by atoms with van der Waals surface area (Å²) in [5, 5.41) is 3.24. The van der Waals surface area contributed by atoms with Crippen LogP contribution in [0.25, 0.3) is 0 Å². The van der Waals surface area contributed by atoms with Gasteiger partial charge in [-0.15, -0.1) is 0 Å². The van der Waals surface area contributed by atoms with Crippen molar-refractivity contribution in [2.24, 2.45) is 7.05 Å². The van der Waals surface area contributed by atoms with Gasteiger partial charge >= 0.3 is 0 Å². The fourth-order valence-corrected chi connectivity index (χ4v) is 2.69. The minimum absolute atomic E-state index is 0.256. The molecular formula is C16H17Cl2FN2O3. The second kappa shape index (κ2) is 7.32. The lowest BCUT2D eigenvalue weighted by atomic mass is 10.1. The molecule has 0 fully saturated rings. The molecule has 1 amide bonds. The Bertz CT molecular complexity index is 777. The van der Waals surface area contributed by atoms with E-state index in [2.05, 4.69) is 5.32 Å². The molecule has 24 heavy (non-hydrogen) atoms. The Morgan fingerprint density at radius 1 is 1.21 bits per heavy atom. The van der Waals surface area contributed by atoms with Gasteiger partial charge in [0.1, 0.15) is 16.7 Å². The third-order valence-corrected chi connectivity index (χ3v) is 4.51. The number of hydrogen-bond donors (Lipinski definition) is 1. The number of methoxy groups -OCH3 is 2. The Morgan fingerprint density at radius 2 is 1.79 bits per heavy atom. The number of carbonyl (C=O) groups excluding carboxylic acids is 1. The Kier molecular flexibility index (Phi) is 5.62. The number of ether oxygens (including phenoxy) is 2.